The van der Waals surface area contributed by atoms with Crippen LogP contribution in [0.25, 0.3) is 0 Å². The third kappa shape index (κ3) is 1.65. The van der Waals surface area contributed by atoms with E-state index in [-0.39, 0.29) is 0 Å². The molecule has 19 heavy (non-hydrogen) atoms. The van der Waals surface area contributed by atoms with E-state index < -0.39 is 17.4 Å². The highest BCUT2D eigenvalue weighted by molar-refractivity contribution is 6.08. The van der Waals surface area contributed by atoms with Crippen LogP contribution in [-0.4, -0.2) is 21.9 Å². The van der Waals surface area contributed by atoms with Gasteiger partial charge in [0.05, 0.1) is 5.71 Å². The van der Waals surface area contributed by atoms with E-state index in [0.717, 1.165) is 12.8 Å². The molecule has 0 unspecified atom stereocenters. The molecule has 100 valence electrons. The molecule has 2 atom stereocenters. The molecule has 1 fully saturated rings. The Hall–Kier alpha value is -1.88. The lowest BCUT2D eigenvalue weighted by atomic mass is 9.73. The van der Waals surface area contributed by atoms with E-state index in [9.17, 15) is 9.90 Å². The molecule has 0 saturated heterocycles. The Balaban J connectivity index is 2.09. The van der Waals surface area contributed by atoms with E-state index in [2.05, 4.69) is 10.5 Å². The summed E-state index contributed by atoms with van der Waals surface area (Å²) < 4.78 is 0. The van der Waals surface area contributed by atoms with Gasteiger partial charge >= 0.3 is 0 Å². The molecular formula is C14H16N2O3. The molecule has 3 rings (SSSR count). The first kappa shape index (κ1) is 12.2. The van der Waals surface area contributed by atoms with Crippen molar-refractivity contribution >= 4 is 17.3 Å². The smallest absolute Gasteiger partial charge is 0.261 e. The summed E-state index contributed by atoms with van der Waals surface area (Å²) in [4.78, 5) is 12.2. The van der Waals surface area contributed by atoms with Crippen LogP contribution < -0.4 is 5.32 Å². The topological polar surface area (TPSA) is 81.9 Å². The number of amides is 1. The second kappa shape index (κ2) is 4.35. The van der Waals surface area contributed by atoms with Crippen molar-refractivity contribution in [2.75, 3.05) is 5.32 Å². The summed E-state index contributed by atoms with van der Waals surface area (Å²) in [5, 5.41) is 26.1. The Bertz CT molecular complexity index is 555. The molecule has 5 nitrogen and oxygen atoms in total. The van der Waals surface area contributed by atoms with Gasteiger partial charge < -0.3 is 15.6 Å². The summed E-state index contributed by atoms with van der Waals surface area (Å²) in [6, 6.07) is 7.12. The Morgan fingerprint density at radius 3 is 2.89 bits per heavy atom. The first-order valence-electron chi connectivity index (χ1n) is 6.52. The molecule has 0 spiro atoms. The molecule has 0 aromatic heterocycles. The fraction of sp³-hybridized carbons (Fsp3) is 0.429. The van der Waals surface area contributed by atoms with Crippen LogP contribution in [0.1, 0.15) is 31.2 Å². The number of nitrogens with one attached hydrogen (secondary N) is 1. The third-order valence-corrected chi connectivity index (χ3v) is 4.14. The van der Waals surface area contributed by atoms with Gasteiger partial charge in [-0.15, -0.1) is 0 Å². The predicted octanol–water partition coefficient (Wildman–Crippen LogP) is 1.85. The summed E-state index contributed by atoms with van der Waals surface area (Å²) in [6.45, 7) is 0. The maximum absolute atomic E-state index is 12.2. The van der Waals surface area contributed by atoms with Crippen molar-refractivity contribution in [3.8, 4) is 0 Å². The lowest BCUT2D eigenvalue weighted by molar-refractivity contribution is -0.137. The third-order valence-electron chi connectivity index (χ3n) is 4.14. The normalized spacial score (nSPS) is 32.2. The molecule has 3 N–H and O–H groups in total. The van der Waals surface area contributed by atoms with Crippen LogP contribution in [0.4, 0.5) is 5.69 Å². The standard InChI is InChI=1S/C14H16N2O3/c17-13-14(18,9-5-1-3-7-11(9)15-13)10-6-2-4-8-12(10)16-19/h1,3,5,7,10,18-19H,2,4,6,8H2,(H,15,17)/t10-,14+/m0/s1. The van der Waals surface area contributed by atoms with E-state index in [1.54, 1.807) is 18.2 Å². The molecule has 1 aliphatic carbocycles. The molecule has 1 aliphatic heterocycles. The van der Waals surface area contributed by atoms with E-state index >= 15 is 0 Å². The number of carbonyl (C=O) groups is 1. The average molecular weight is 260 g/mol. The second-order valence-electron chi connectivity index (χ2n) is 5.16. The largest absolute Gasteiger partial charge is 0.411 e. The van der Waals surface area contributed by atoms with Crippen LogP contribution in [0.5, 0.6) is 0 Å². The fourth-order valence-electron chi connectivity index (χ4n) is 3.18. The molecule has 1 saturated carbocycles. The van der Waals surface area contributed by atoms with E-state index in [0.29, 0.717) is 29.8 Å². The molecule has 1 aromatic carbocycles. The van der Waals surface area contributed by atoms with Gasteiger partial charge in [0.1, 0.15) is 0 Å². The maximum atomic E-state index is 12.2. The molecule has 1 aromatic rings. The molecule has 0 radical (unpaired) electrons. The quantitative estimate of drug-likeness (QED) is 0.532. The second-order valence-corrected chi connectivity index (χ2v) is 5.16. The molecule has 1 heterocycles. The molecule has 2 aliphatic rings. The number of hydrogen-bond donors (Lipinski definition) is 3. The van der Waals surface area contributed by atoms with Crippen LogP contribution in [-0.2, 0) is 10.4 Å². The van der Waals surface area contributed by atoms with Gasteiger partial charge in [0.25, 0.3) is 5.91 Å². The zero-order valence-electron chi connectivity index (χ0n) is 10.5. The van der Waals surface area contributed by atoms with Crippen LogP contribution in [0.3, 0.4) is 0 Å². The minimum absolute atomic E-state index is 0.429. The van der Waals surface area contributed by atoms with E-state index in [4.69, 9.17) is 5.21 Å². The Labute approximate surface area is 110 Å². The zero-order valence-corrected chi connectivity index (χ0v) is 10.5. The Morgan fingerprint density at radius 2 is 2.11 bits per heavy atom. The van der Waals surface area contributed by atoms with E-state index in [1.807, 2.05) is 6.07 Å². The minimum Gasteiger partial charge on any atom is -0.411 e. The summed E-state index contributed by atoms with van der Waals surface area (Å²) in [6.07, 6.45) is 3.12. The van der Waals surface area contributed by atoms with Gasteiger partial charge in [0.15, 0.2) is 5.60 Å². The number of benzene rings is 1. The van der Waals surface area contributed by atoms with Crippen molar-refractivity contribution in [3.05, 3.63) is 29.8 Å². The lowest BCUT2D eigenvalue weighted by Crippen LogP contribution is -2.46. The number of carbonyl (C=O) groups excluding carboxylic acids is 1. The zero-order chi connectivity index (χ0) is 13.5. The van der Waals surface area contributed by atoms with Crippen LogP contribution in [0.2, 0.25) is 0 Å². The highest BCUT2D eigenvalue weighted by Gasteiger charge is 2.53. The van der Waals surface area contributed by atoms with Gasteiger partial charge in [0, 0.05) is 17.2 Å². The minimum atomic E-state index is -1.61. The number of fused-ring (bicyclic) bond motifs is 1. The van der Waals surface area contributed by atoms with Crippen LogP contribution >= 0.6 is 0 Å². The number of para-hydroxylation sites is 1. The van der Waals surface area contributed by atoms with Gasteiger partial charge in [-0.1, -0.05) is 29.8 Å². The van der Waals surface area contributed by atoms with Gasteiger partial charge in [-0.05, 0) is 25.3 Å². The molecule has 1 amide bonds. The number of aliphatic hydroxyl groups is 1. The van der Waals surface area contributed by atoms with Crippen molar-refractivity contribution in [3.63, 3.8) is 0 Å². The number of rotatable bonds is 1. The predicted molar refractivity (Wildman–Crippen MR) is 70.1 cm³/mol. The van der Waals surface area contributed by atoms with E-state index in [1.165, 1.54) is 0 Å². The van der Waals surface area contributed by atoms with Gasteiger partial charge in [-0.2, -0.15) is 0 Å². The highest BCUT2D eigenvalue weighted by Crippen LogP contribution is 2.45. The molecular weight excluding hydrogens is 244 g/mol. The van der Waals surface area contributed by atoms with Gasteiger partial charge in [-0.3, -0.25) is 4.79 Å². The van der Waals surface area contributed by atoms with Crippen molar-refractivity contribution in [1.29, 1.82) is 0 Å². The van der Waals surface area contributed by atoms with Crippen molar-refractivity contribution in [2.45, 2.75) is 31.3 Å². The van der Waals surface area contributed by atoms with Crippen molar-refractivity contribution < 1.29 is 15.1 Å². The number of oxime groups is 1. The first-order chi connectivity index (χ1) is 9.17. The molecule has 0 bridgehead atoms. The van der Waals surface area contributed by atoms with Gasteiger partial charge in [-0.25, -0.2) is 0 Å². The Kier molecular flexibility index (Phi) is 2.78. The van der Waals surface area contributed by atoms with Gasteiger partial charge in [0.2, 0.25) is 0 Å². The van der Waals surface area contributed by atoms with Crippen LogP contribution in [0, 0.1) is 5.92 Å². The lowest BCUT2D eigenvalue weighted by Gasteiger charge is -2.34. The summed E-state index contributed by atoms with van der Waals surface area (Å²) in [7, 11) is 0. The summed E-state index contributed by atoms with van der Waals surface area (Å²) in [5.41, 5.74) is 0.116. The maximum Gasteiger partial charge on any atom is 0.261 e. The van der Waals surface area contributed by atoms with Crippen molar-refractivity contribution in [1.82, 2.24) is 0 Å². The van der Waals surface area contributed by atoms with Crippen molar-refractivity contribution in [2.24, 2.45) is 11.1 Å². The Morgan fingerprint density at radius 1 is 1.32 bits per heavy atom. The fourth-order valence-corrected chi connectivity index (χ4v) is 3.18. The average Bonchev–Trinajstić information content (AvgIpc) is 2.72. The number of hydrogen-bond acceptors (Lipinski definition) is 4. The molecule has 5 heteroatoms. The summed E-state index contributed by atoms with van der Waals surface area (Å²) in [5.74, 6) is -0.878. The number of anilines is 1. The first-order valence-corrected chi connectivity index (χ1v) is 6.52. The monoisotopic (exact) mass is 260 g/mol. The SMILES string of the molecule is O=C1Nc2ccccc2[C@@]1(O)[C@H]1CCCCC1=NO. The highest BCUT2D eigenvalue weighted by atomic mass is 16.4. The number of nitrogens with zero attached hydrogens (tertiary/aromatic N) is 1. The van der Waals surface area contributed by atoms with Crippen LogP contribution in [0.15, 0.2) is 29.4 Å². The summed E-state index contributed by atoms with van der Waals surface area (Å²) >= 11 is 0.